The summed E-state index contributed by atoms with van der Waals surface area (Å²) in [6.45, 7) is 5.76. The molecule has 1 fully saturated rings. The fraction of sp³-hybridized carbons (Fsp3) is 0.800. The van der Waals surface area contributed by atoms with E-state index in [9.17, 15) is 14.7 Å². The van der Waals surface area contributed by atoms with Crippen LogP contribution in [0.5, 0.6) is 0 Å². The second-order valence-electron chi connectivity index (χ2n) is 5.17. The summed E-state index contributed by atoms with van der Waals surface area (Å²) in [5, 5.41) is 11.7. The zero-order valence-corrected chi connectivity index (χ0v) is 9.29. The highest BCUT2D eigenvalue weighted by Crippen LogP contribution is 2.29. The van der Waals surface area contributed by atoms with Crippen molar-refractivity contribution in [3.63, 3.8) is 0 Å². The number of hydrogen-bond acceptors (Lipinski definition) is 3. The highest BCUT2D eigenvalue weighted by Gasteiger charge is 2.45. The van der Waals surface area contributed by atoms with Crippen LogP contribution in [0.1, 0.15) is 27.2 Å². The fourth-order valence-electron chi connectivity index (χ4n) is 1.85. The Balaban J connectivity index is 2.88. The SMILES string of the molecule is CC(C)(C)CC1(C(=O)O)COCC(=O)N1. The fourth-order valence-corrected chi connectivity index (χ4v) is 1.85. The van der Waals surface area contributed by atoms with Gasteiger partial charge in [-0.1, -0.05) is 20.8 Å². The third-order valence-corrected chi connectivity index (χ3v) is 2.20. The molecular weight excluding hydrogens is 198 g/mol. The molecule has 0 aromatic carbocycles. The average molecular weight is 215 g/mol. The monoisotopic (exact) mass is 215 g/mol. The van der Waals surface area contributed by atoms with Gasteiger partial charge in [0.15, 0.2) is 5.54 Å². The van der Waals surface area contributed by atoms with Crippen molar-refractivity contribution in [3.05, 3.63) is 0 Å². The van der Waals surface area contributed by atoms with Crippen LogP contribution in [-0.4, -0.2) is 35.7 Å². The molecule has 0 aromatic heterocycles. The van der Waals surface area contributed by atoms with Gasteiger partial charge in [-0.2, -0.15) is 0 Å². The Bertz CT molecular complexity index is 282. The number of aliphatic carboxylic acids is 1. The van der Waals surface area contributed by atoms with E-state index in [0.717, 1.165) is 0 Å². The summed E-state index contributed by atoms with van der Waals surface area (Å²) in [5.74, 6) is -1.40. The molecule has 0 spiro atoms. The summed E-state index contributed by atoms with van der Waals surface area (Å²) < 4.78 is 5.01. The molecule has 0 aromatic rings. The van der Waals surface area contributed by atoms with Crippen LogP contribution in [0.25, 0.3) is 0 Å². The smallest absolute Gasteiger partial charge is 0.331 e. The number of rotatable bonds is 2. The van der Waals surface area contributed by atoms with Gasteiger partial charge in [-0.05, 0) is 11.8 Å². The second kappa shape index (κ2) is 3.81. The summed E-state index contributed by atoms with van der Waals surface area (Å²) in [6.07, 6.45) is 0.348. The van der Waals surface area contributed by atoms with Crippen LogP contribution in [-0.2, 0) is 14.3 Å². The molecule has 1 amide bonds. The van der Waals surface area contributed by atoms with Gasteiger partial charge < -0.3 is 15.2 Å². The van der Waals surface area contributed by atoms with Gasteiger partial charge in [-0.25, -0.2) is 4.79 Å². The predicted octanol–water partition coefficient (Wildman–Crippen LogP) is 0.392. The number of carboxylic acids is 1. The van der Waals surface area contributed by atoms with Crippen molar-refractivity contribution in [2.24, 2.45) is 5.41 Å². The Morgan fingerprint density at radius 2 is 2.20 bits per heavy atom. The Labute approximate surface area is 88.8 Å². The lowest BCUT2D eigenvalue weighted by molar-refractivity contribution is -0.159. The molecule has 0 aliphatic carbocycles. The molecule has 1 heterocycles. The van der Waals surface area contributed by atoms with E-state index in [2.05, 4.69) is 5.32 Å². The number of amides is 1. The Hall–Kier alpha value is -1.10. The number of nitrogens with one attached hydrogen (secondary N) is 1. The first-order valence-corrected chi connectivity index (χ1v) is 4.87. The maximum absolute atomic E-state index is 11.2. The maximum Gasteiger partial charge on any atom is 0.331 e. The Kier molecular flexibility index (Phi) is 3.04. The van der Waals surface area contributed by atoms with E-state index in [1.54, 1.807) is 0 Å². The zero-order valence-electron chi connectivity index (χ0n) is 9.29. The van der Waals surface area contributed by atoms with Crippen molar-refractivity contribution in [3.8, 4) is 0 Å². The molecule has 1 rings (SSSR count). The highest BCUT2D eigenvalue weighted by atomic mass is 16.5. The summed E-state index contributed by atoms with van der Waals surface area (Å²) in [7, 11) is 0. The first-order valence-electron chi connectivity index (χ1n) is 4.87. The van der Waals surface area contributed by atoms with Crippen molar-refractivity contribution in [2.75, 3.05) is 13.2 Å². The number of hydrogen-bond donors (Lipinski definition) is 2. The Morgan fingerprint density at radius 1 is 1.60 bits per heavy atom. The van der Waals surface area contributed by atoms with Gasteiger partial charge in [0.2, 0.25) is 5.91 Å². The lowest BCUT2D eigenvalue weighted by Gasteiger charge is -2.38. The summed E-state index contributed by atoms with van der Waals surface area (Å²) in [5.41, 5.74) is -1.46. The summed E-state index contributed by atoms with van der Waals surface area (Å²) in [4.78, 5) is 22.4. The van der Waals surface area contributed by atoms with E-state index in [1.165, 1.54) is 0 Å². The topological polar surface area (TPSA) is 75.6 Å². The maximum atomic E-state index is 11.2. The van der Waals surface area contributed by atoms with Crippen LogP contribution in [0.15, 0.2) is 0 Å². The lowest BCUT2D eigenvalue weighted by atomic mass is 9.79. The van der Waals surface area contributed by atoms with Crippen molar-refractivity contribution >= 4 is 11.9 Å². The van der Waals surface area contributed by atoms with E-state index in [4.69, 9.17) is 4.74 Å². The minimum atomic E-state index is -1.27. The van der Waals surface area contributed by atoms with Gasteiger partial charge in [0.25, 0.3) is 0 Å². The number of ether oxygens (including phenoxy) is 1. The zero-order chi connectivity index (χ0) is 11.7. The molecule has 86 valence electrons. The highest BCUT2D eigenvalue weighted by molar-refractivity contribution is 5.88. The second-order valence-corrected chi connectivity index (χ2v) is 5.17. The number of carbonyl (C=O) groups is 2. The largest absolute Gasteiger partial charge is 0.479 e. The first-order chi connectivity index (χ1) is 6.75. The minimum absolute atomic E-state index is 0.0331. The van der Waals surface area contributed by atoms with Crippen LogP contribution in [0, 0.1) is 5.41 Å². The predicted molar refractivity (Wildman–Crippen MR) is 53.4 cm³/mol. The van der Waals surface area contributed by atoms with Crippen molar-refractivity contribution in [1.29, 1.82) is 0 Å². The molecule has 5 nitrogen and oxygen atoms in total. The lowest BCUT2D eigenvalue weighted by Crippen LogP contribution is -2.63. The van der Waals surface area contributed by atoms with Crippen LogP contribution < -0.4 is 5.32 Å². The van der Waals surface area contributed by atoms with E-state index < -0.39 is 11.5 Å². The van der Waals surface area contributed by atoms with Gasteiger partial charge in [0.05, 0.1) is 6.61 Å². The van der Waals surface area contributed by atoms with E-state index in [0.29, 0.717) is 6.42 Å². The molecule has 1 atom stereocenters. The van der Waals surface area contributed by atoms with Crippen molar-refractivity contribution < 1.29 is 19.4 Å². The minimum Gasteiger partial charge on any atom is -0.479 e. The van der Waals surface area contributed by atoms with E-state index in [1.807, 2.05) is 20.8 Å². The van der Waals surface area contributed by atoms with Gasteiger partial charge in [0.1, 0.15) is 6.61 Å². The van der Waals surface area contributed by atoms with Gasteiger partial charge in [0, 0.05) is 0 Å². The quantitative estimate of drug-likeness (QED) is 0.698. The van der Waals surface area contributed by atoms with Gasteiger partial charge >= 0.3 is 5.97 Å². The van der Waals surface area contributed by atoms with Crippen molar-refractivity contribution in [2.45, 2.75) is 32.7 Å². The van der Waals surface area contributed by atoms with E-state index in [-0.39, 0.29) is 24.5 Å². The molecule has 1 aliphatic rings. The molecule has 0 saturated carbocycles. The molecule has 1 unspecified atom stereocenters. The first kappa shape index (κ1) is 12.0. The van der Waals surface area contributed by atoms with Crippen LogP contribution in [0.4, 0.5) is 0 Å². The van der Waals surface area contributed by atoms with Crippen molar-refractivity contribution in [1.82, 2.24) is 5.32 Å². The van der Waals surface area contributed by atoms with Crippen LogP contribution >= 0.6 is 0 Å². The number of carboxylic acid groups (broad SMARTS) is 1. The third kappa shape index (κ3) is 2.92. The van der Waals surface area contributed by atoms with Gasteiger partial charge in [-0.3, -0.25) is 4.79 Å². The molecular formula is C10H17NO4. The molecule has 2 N–H and O–H groups in total. The molecule has 15 heavy (non-hydrogen) atoms. The van der Waals surface area contributed by atoms with Gasteiger partial charge in [-0.15, -0.1) is 0 Å². The summed E-state index contributed by atoms with van der Waals surface area (Å²) in [6, 6.07) is 0. The average Bonchev–Trinajstić information content (AvgIpc) is 2.00. The Morgan fingerprint density at radius 3 is 2.60 bits per heavy atom. The molecule has 5 heteroatoms. The standard InChI is InChI=1S/C10H17NO4/c1-9(2,3)5-10(8(13)14)6-15-4-7(12)11-10/h4-6H2,1-3H3,(H,11,12)(H,13,14). The normalized spacial score (nSPS) is 27.3. The molecule has 1 saturated heterocycles. The van der Waals surface area contributed by atoms with Crippen LogP contribution in [0.2, 0.25) is 0 Å². The molecule has 0 bridgehead atoms. The van der Waals surface area contributed by atoms with E-state index >= 15 is 0 Å². The molecule has 1 aliphatic heterocycles. The summed E-state index contributed by atoms with van der Waals surface area (Å²) >= 11 is 0. The number of morpholine rings is 1. The molecule has 0 radical (unpaired) electrons. The van der Waals surface area contributed by atoms with Crippen LogP contribution in [0.3, 0.4) is 0 Å². The third-order valence-electron chi connectivity index (χ3n) is 2.20. The number of carbonyl (C=O) groups excluding carboxylic acids is 1.